The molecule has 0 fully saturated rings. The lowest BCUT2D eigenvalue weighted by Crippen LogP contribution is -2.25. The summed E-state index contributed by atoms with van der Waals surface area (Å²) < 4.78 is 6.49. The van der Waals surface area contributed by atoms with Crippen LogP contribution in [0.4, 0.5) is 5.69 Å². The zero-order valence-corrected chi connectivity index (χ0v) is 15.8. The van der Waals surface area contributed by atoms with E-state index in [1.165, 1.54) is 0 Å². The maximum atomic E-state index is 12.8. The molecule has 2 N–H and O–H groups in total. The Morgan fingerprint density at radius 1 is 1.14 bits per heavy atom. The van der Waals surface area contributed by atoms with Crippen molar-refractivity contribution in [3.8, 4) is 0 Å². The number of fused-ring (bicyclic) bond motifs is 1. The van der Waals surface area contributed by atoms with E-state index in [2.05, 4.69) is 22.2 Å². The number of carbonyl (C=O) groups is 3. The molecule has 0 spiro atoms. The van der Waals surface area contributed by atoms with Crippen molar-refractivity contribution in [2.24, 2.45) is 0 Å². The fourth-order valence-corrected chi connectivity index (χ4v) is 2.70. The third-order valence-corrected chi connectivity index (χ3v) is 4.03. The molecule has 0 aliphatic carbocycles. The first-order chi connectivity index (χ1) is 14.0. The Balaban J connectivity index is 1.85. The van der Waals surface area contributed by atoms with Crippen molar-refractivity contribution in [1.82, 2.24) is 14.7 Å². The molecule has 0 aliphatic rings. The Hall–Kier alpha value is -3.94. The molecule has 0 saturated heterocycles. The fraction of sp³-hybridized carbons (Fsp3) is 0.143. The van der Waals surface area contributed by atoms with Crippen LogP contribution < -0.4 is 10.6 Å². The highest BCUT2D eigenvalue weighted by Gasteiger charge is 2.21. The van der Waals surface area contributed by atoms with E-state index in [9.17, 15) is 14.4 Å². The maximum absolute atomic E-state index is 12.8. The molecular formula is C21H20N4O4. The van der Waals surface area contributed by atoms with Gasteiger partial charge in [-0.15, -0.1) is 6.58 Å². The third kappa shape index (κ3) is 4.32. The Morgan fingerprint density at radius 3 is 2.59 bits per heavy atom. The topological polar surface area (TPSA) is 102 Å². The standard InChI is InChI=1S/C21H20N4O4/c1-3-12-22-20(27)18-24-17(16-7-5-6-13-25(16)18)19(26)23-15-10-8-14(9-11-15)21(28)29-4-2/h3,5-11,13H,1,4,12H2,2H3,(H,22,27)(H,23,26). The van der Waals surface area contributed by atoms with E-state index in [1.54, 1.807) is 66.1 Å². The molecule has 8 nitrogen and oxygen atoms in total. The van der Waals surface area contributed by atoms with E-state index in [-0.39, 0.29) is 24.7 Å². The second-order valence-corrected chi connectivity index (χ2v) is 5.99. The quantitative estimate of drug-likeness (QED) is 0.475. The molecule has 1 aromatic carbocycles. The molecule has 3 rings (SSSR count). The number of nitrogens with zero attached hydrogens (tertiary/aromatic N) is 2. The zero-order valence-electron chi connectivity index (χ0n) is 15.8. The van der Waals surface area contributed by atoms with Crippen molar-refractivity contribution < 1.29 is 19.1 Å². The van der Waals surface area contributed by atoms with E-state index in [0.29, 0.717) is 16.8 Å². The average molecular weight is 392 g/mol. The van der Waals surface area contributed by atoms with Crippen LogP contribution in [-0.4, -0.2) is 40.3 Å². The molecule has 2 amide bonds. The number of imidazole rings is 1. The molecular weight excluding hydrogens is 372 g/mol. The van der Waals surface area contributed by atoms with Crippen molar-refractivity contribution in [3.63, 3.8) is 0 Å². The van der Waals surface area contributed by atoms with Crippen LogP contribution in [0.2, 0.25) is 0 Å². The summed E-state index contributed by atoms with van der Waals surface area (Å²) in [5.74, 6) is -1.21. The van der Waals surface area contributed by atoms with E-state index < -0.39 is 17.8 Å². The van der Waals surface area contributed by atoms with Gasteiger partial charge in [0.15, 0.2) is 5.69 Å². The van der Waals surface area contributed by atoms with Crippen LogP contribution in [0, 0.1) is 0 Å². The summed E-state index contributed by atoms with van der Waals surface area (Å²) in [6.07, 6.45) is 3.22. The molecule has 0 bridgehead atoms. The molecule has 0 aliphatic heterocycles. The van der Waals surface area contributed by atoms with E-state index in [4.69, 9.17) is 4.74 Å². The molecule has 0 saturated carbocycles. The van der Waals surface area contributed by atoms with Crippen LogP contribution in [0.15, 0.2) is 61.3 Å². The monoisotopic (exact) mass is 392 g/mol. The zero-order chi connectivity index (χ0) is 20.8. The van der Waals surface area contributed by atoms with E-state index in [0.717, 1.165) is 0 Å². The molecule has 148 valence electrons. The van der Waals surface area contributed by atoms with Crippen molar-refractivity contribution in [1.29, 1.82) is 0 Å². The van der Waals surface area contributed by atoms with Crippen LogP contribution in [0.25, 0.3) is 5.52 Å². The number of esters is 1. The van der Waals surface area contributed by atoms with Gasteiger partial charge in [-0.25, -0.2) is 9.78 Å². The van der Waals surface area contributed by atoms with Gasteiger partial charge in [0.25, 0.3) is 11.8 Å². The minimum absolute atomic E-state index is 0.102. The van der Waals surface area contributed by atoms with Crippen molar-refractivity contribution in [3.05, 3.63) is 78.4 Å². The number of rotatable bonds is 7. The Morgan fingerprint density at radius 2 is 1.90 bits per heavy atom. The molecule has 8 heteroatoms. The largest absolute Gasteiger partial charge is 0.462 e. The van der Waals surface area contributed by atoms with Crippen molar-refractivity contribution >= 4 is 29.0 Å². The van der Waals surface area contributed by atoms with Crippen LogP contribution in [0.3, 0.4) is 0 Å². The third-order valence-electron chi connectivity index (χ3n) is 4.03. The highest BCUT2D eigenvalue weighted by molar-refractivity contribution is 6.09. The maximum Gasteiger partial charge on any atom is 0.338 e. The lowest BCUT2D eigenvalue weighted by molar-refractivity contribution is 0.0526. The second kappa shape index (κ2) is 8.83. The summed E-state index contributed by atoms with van der Waals surface area (Å²) in [6, 6.07) is 11.5. The van der Waals surface area contributed by atoms with Crippen molar-refractivity contribution in [2.75, 3.05) is 18.5 Å². The van der Waals surface area contributed by atoms with E-state index >= 15 is 0 Å². The Kier molecular flexibility index (Phi) is 6.03. The van der Waals surface area contributed by atoms with Gasteiger partial charge in [0, 0.05) is 18.4 Å². The summed E-state index contributed by atoms with van der Waals surface area (Å²) >= 11 is 0. The van der Waals surface area contributed by atoms with Crippen LogP contribution in [0.1, 0.15) is 38.4 Å². The highest BCUT2D eigenvalue weighted by Crippen LogP contribution is 2.17. The predicted octanol–water partition coefficient (Wildman–Crippen LogP) is 2.68. The second-order valence-electron chi connectivity index (χ2n) is 5.99. The number of hydrogen-bond donors (Lipinski definition) is 2. The lowest BCUT2D eigenvalue weighted by atomic mass is 10.2. The van der Waals surface area contributed by atoms with Gasteiger partial charge in [-0.3, -0.25) is 14.0 Å². The summed E-state index contributed by atoms with van der Waals surface area (Å²) in [5, 5.41) is 5.38. The number of hydrogen-bond acceptors (Lipinski definition) is 5. The summed E-state index contributed by atoms with van der Waals surface area (Å²) in [6.45, 7) is 5.86. The van der Waals surface area contributed by atoms with Crippen LogP contribution in [0.5, 0.6) is 0 Å². The van der Waals surface area contributed by atoms with Crippen LogP contribution in [-0.2, 0) is 4.74 Å². The van der Waals surface area contributed by atoms with Gasteiger partial charge in [-0.2, -0.15) is 0 Å². The van der Waals surface area contributed by atoms with Gasteiger partial charge in [0.2, 0.25) is 5.82 Å². The smallest absolute Gasteiger partial charge is 0.338 e. The number of benzene rings is 1. The van der Waals surface area contributed by atoms with Gasteiger partial charge in [0.05, 0.1) is 17.7 Å². The van der Waals surface area contributed by atoms with Gasteiger partial charge < -0.3 is 15.4 Å². The number of pyridine rings is 1. The number of aromatic nitrogens is 2. The summed E-state index contributed by atoms with van der Waals surface area (Å²) in [7, 11) is 0. The number of ether oxygens (including phenoxy) is 1. The molecule has 0 atom stereocenters. The first-order valence-electron chi connectivity index (χ1n) is 8.99. The first kappa shape index (κ1) is 19.8. The Labute approximate surface area is 167 Å². The fourth-order valence-electron chi connectivity index (χ4n) is 2.70. The first-order valence-corrected chi connectivity index (χ1v) is 8.99. The van der Waals surface area contributed by atoms with E-state index in [1.807, 2.05) is 0 Å². The molecule has 2 heterocycles. The van der Waals surface area contributed by atoms with Gasteiger partial charge in [0.1, 0.15) is 0 Å². The molecule has 0 radical (unpaired) electrons. The van der Waals surface area contributed by atoms with Gasteiger partial charge >= 0.3 is 5.97 Å². The highest BCUT2D eigenvalue weighted by atomic mass is 16.5. The molecule has 2 aromatic heterocycles. The average Bonchev–Trinajstić information content (AvgIpc) is 3.12. The number of carbonyl (C=O) groups excluding carboxylic acids is 3. The summed E-state index contributed by atoms with van der Waals surface area (Å²) in [5.41, 5.74) is 1.48. The number of amides is 2. The molecule has 29 heavy (non-hydrogen) atoms. The molecule has 0 unspecified atom stereocenters. The van der Waals surface area contributed by atoms with Crippen molar-refractivity contribution in [2.45, 2.75) is 6.92 Å². The minimum atomic E-state index is -0.472. The summed E-state index contributed by atoms with van der Waals surface area (Å²) in [4.78, 5) is 41.1. The van der Waals surface area contributed by atoms with Gasteiger partial charge in [-0.05, 0) is 43.3 Å². The number of anilines is 1. The van der Waals surface area contributed by atoms with Crippen LogP contribution >= 0.6 is 0 Å². The lowest BCUT2D eigenvalue weighted by Gasteiger charge is -2.05. The number of nitrogens with one attached hydrogen (secondary N) is 2. The Bertz CT molecular complexity index is 1070. The normalized spacial score (nSPS) is 10.4. The minimum Gasteiger partial charge on any atom is -0.462 e. The van der Waals surface area contributed by atoms with Gasteiger partial charge in [-0.1, -0.05) is 12.1 Å². The predicted molar refractivity (Wildman–Crippen MR) is 108 cm³/mol. The molecule has 3 aromatic rings. The SMILES string of the molecule is C=CCNC(=O)c1nc(C(=O)Nc2ccc(C(=O)OCC)cc2)c2ccccn12.